The van der Waals surface area contributed by atoms with Gasteiger partial charge in [0.05, 0.1) is 10.9 Å². The molecule has 0 unspecified atom stereocenters. The lowest BCUT2D eigenvalue weighted by Gasteiger charge is -2.07. The molecule has 4 rings (SSSR count). The fourth-order valence-corrected chi connectivity index (χ4v) is 3.09. The highest BCUT2D eigenvalue weighted by atomic mass is 19.4. The first-order chi connectivity index (χ1) is 14.3. The van der Waals surface area contributed by atoms with Crippen LogP contribution in [0.5, 0.6) is 0 Å². The lowest BCUT2D eigenvalue weighted by molar-refractivity contribution is -0.139. The minimum absolute atomic E-state index is 0.0541. The number of aromatic nitrogens is 3. The Morgan fingerprint density at radius 1 is 1.27 bits per heavy atom. The number of rotatable bonds is 4. The molecule has 9 heteroatoms. The zero-order chi connectivity index (χ0) is 21.3. The first-order valence-electron chi connectivity index (χ1n) is 9.36. The molecule has 1 fully saturated rings. The van der Waals surface area contributed by atoms with Crippen LogP contribution in [-0.2, 0) is 6.54 Å². The molecule has 1 aliphatic carbocycles. The van der Waals surface area contributed by atoms with E-state index < -0.39 is 12.7 Å². The van der Waals surface area contributed by atoms with E-state index in [0.717, 1.165) is 23.7 Å². The van der Waals surface area contributed by atoms with Crippen LogP contribution in [0.1, 0.15) is 34.3 Å². The third-order valence-electron chi connectivity index (χ3n) is 4.75. The molecule has 2 aromatic heterocycles. The number of amides is 1. The lowest BCUT2D eigenvalue weighted by atomic mass is 10.1. The summed E-state index contributed by atoms with van der Waals surface area (Å²) in [4.78, 5) is 20.0. The quantitative estimate of drug-likeness (QED) is 0.644. The van der Waals surface area contributed by atoms with Crippen LogP contribution in [0, 0.1) is 17.8 Å². The minimum Gasteiger partial charge on any atom is -0.383 e. The van der Waals surface area contributed by atoms with Crippen molar-refractivity contribution in [3.05, 3.63) is 53.5 Å². The average molecular weight is 413 g/mol. The summed E-state index contributed by atoms with van der Waals surface area (Å²) in [6.45, 7) is -0.551. The molecule has 0 radical (unpaired) electrons. The van der Waals surface area contributed by atoms with Crippen molar-refractivity contribution in [2.45, 2.75) is 25.6 Å². The van der Waals surface area contributed by atoms with E-state index in [2.05, 4.69) is 27.1 Å². The van der Waals surface area contributed by atoms with Gasteiger partial charge in [0.25, 0.3) is 5.91 Å². The van der Waals surface area contributed by atoms with Gasteiger partial charge in [-0.2, -0.15) is 13.2 Å². The first kappa shape index (κ1) is 19.8. The third kappa shape index (κ3) is 4.54. The molecule has 0 saturated heterocycles. The second kappa shape index (κ2) is 7.71. The van der Waals surface area contributed by atoms with Gasteiger partial charge >= 0.3 is 6.18 Å². The molecule has 2 heterocycles. The summed E-state index contributed by atoms with van der Waals surface area (Å²) >= 11 is 0. The van der Waals surface area contributed by atoms with E-state index in [4.69, 9.17) is 5.73 Å². The number of alkyl halides is 3. The number of nitrogens with two attached hydrogens (primary N) is 1. The molecule has 0 aliphatic heterocycles. The van der Waals surface area contributed by atoms with Gasteiger partial charge < -0.3 is 15.6 Å². The van der Waals surface area contributed by atoms with Crippen LogP contribution >= 0.6 is 0 Å². The van der Waals surface area contributed by atoms with Crippen molar-refractivity contribution < 1.29 is 18.0 Å². The number of hydrogen-bond donors (Lipinski definition) is 2. The van der Waals surface area contributed by atoms with E-state index in [-0.39, 0.29) is 28.3 Å². The Kier molecular flexibility index (Phi) is 5.08. The molecule has 0 atom stereocenters. The zero-order valence-corrected chi connectivity index (χ0v) is 15.8. The van der Waals surface area contributed by atoms with Crippen molar-refractivity contribution in [3.63, 3.8) is 0 Å². The van der Waals surface area contributed by atoms with Crippen LogP contribution in [0.2, 0.25) is 0 Å². The van der Waals surface area contributed by atoms with Crippen LogP contribution < -0.4 is 11.1 Å². The fourth-order valence-electron chi connectivity index (χ4n) is 3.09. The fraction of sp³-hybridized carbons (Fsp3) is 0.286. The van der Waals surface area contributed by atoms with Crippen LogP contribution in [0.3, 0.4) is 0 Å². The number of carbonyl (C=O) groups is 1. The molecule has 3 aromatic rings. The molecule has 30 heavy (non-hydrogen) atoms. The molecule has 1 amide bonds. The molecule has 0 bridgehead atoms. The zero-order valence-electron chi connectivity index (χ0n) is 15.8. The van der Waals surface area contributed by atoms with Crippen LogP contribution in [0.25, 0.3) is 11.0 Å². The van der Waals surface area contributed by atoms with Gasteiger partial charge in [0, 0.05) is 23.9 Å². The number of fused-ring (bicyclic) bond motifs is 1. The lowest BCUT2D eigenvalue weighted by Crippen LogP contribution is -2.25. The van der Waals surface area contributed by atoms with E-state index in [0.29, 0.717) is 23.6 Å². The highest BCUT2D eigenvalue weighted by Crippen LogP contribution is 2.28. The second-order valence-corrected chi connectivity index (χ2v) is 7.23. The van der Waals surface area contributed by atoms with Gasteiger partial charge in [0.2, 0.25) is 0 Å². The molecule has 0 spiro atoms. The van der Waals surface area contributed by atoms with Crippen molar-refractivity contribution in [3.8, 4) is 11.8 Å². The smallest absolute Gasteiger partial charge is 0.383 e. The van der Waals surface area contributed by atoms with Crippen molar-refractivity contribution in [2.24, 2.45) is 5.92 Å². The van der Waals surface area contributed by atoms with Crippen LogP contribution in [0.15, 0.2) is 36.8 Å². The molecule has 1 aromatic carbocycles. The number of carbonyl (C=O) groups excluding carboxylic acids is 1. The number of nitrogens with one attached hydrogen (secondary N) is 1. The molecular formula is C21H18F3N5O. The van der Waals surface area contributed by atoms with Crippen molar-refractivity contribution in [1.29, 1.82) is 0 Å². The van der Waals surface area contributed by atoms with E-state index in [1.54, 1.807) is 24.3 Å². The van der Waals surface area contributed by atoms with Gasteiger partial charge in [-0.15, -0.1) is 0 Å². The maximum Gasteiger partial charge on any atom is 0.406 e. The summed E-state index contributed by atoms with van der Waals surface area (Å²) in [7, 11) is 0. The summed E-state index contributed by atoms with van der Waals surface area (Å²) in [6, 6.07) is 6.76. The minimum atomic E-state index is -4.42. The van der Waals surface area contributed by atoms with Gasteiger partial charge in [0.15, 0.2) is 0 Å². The number of anilines is 1. The second-order valence-electron chi connectivity index (χ2n) is 7.23. The van der Waals surface area contributed by atoms with Crippen molar-refractivity contribution in [2.75, 3.05) is 12.3 Å². The Morgan fingerprint density at radius 3 is 2.80 bits per heavy atom. The van der Waals surface area contributed by atoms with Crippen molar-refractivity contribution >= 4 is 22.8 Å². The summed E-state index contributed by atoms with van der Waals surface area (Å²) in [5.41, 5.74) is 7.25. The van der Waals surface area contributed by atoms with Crippen molar-refractivity contribution in [1.82, 2.24) is 19.9 Å². The summed E-state index contributed by atoms with van der Waals surface area (Å²) in [6.07, 6.45) is 0.244. The highest BCUT2D eigenvalue weighted by Gasteiger charge is 2.29. The Hall–Kier alpha value is -3.54. The van der Waals surface area contributed by atoms with Crippen LogP contribution in [0.4, 0.5) is 19.0 Å². The normalized spacial score (nSPS) is 13.7. The molecule has 1 saturated carbocycles. The number of nitrogen functional groups attached to an aromatic ring is 1. The molecule has 1 aliphatic rings. The largest absolute Gasteiger partial charge is 0.406 e. The summed E-state index contributed by atoms with van der Waals surface area (Å²) in [5, 5.41) is 3.16. The first-order valence-corrected chi connectivity index (χ1v) is 9.36. The monoisotopic (exact) mass is 413 g/mol. The molecule has 154 valence electrons. The van der Waals surface area contributed by atoms with Gasteiger partial charge in [-0.1, -0.05) is 17.9 Å². The van der Waals surface area contributed by atoms with E-state index in [9.17, 15) is 18.0 Å². The number of halogens is 3. The Morgan fingerprint density at radius 2 is 2.07 bits per heavy atom. The standard InChI is InChI=1S/C21H18F3N5O/c22-21(23,24)11-29-10-16(17-18(25)27-12-28-19(17)29)7-6-13-2-1-3-15(8-13)20(30)26-9-14-4-5-14/h1-3,8,10,12,14H,4-5,9,11H2,(H,26,30)(H2,25,27,28). The van der Waals surface area contributed by atoms with Gasteiger partial charge in [-0.3, -0.25) is 4.79 Å². The van der Waals surface area contributed by atoms with Gasteiger partial charge in [0.1, 0.15) is 24.3 Å². The molecule has 3 N–H and O–H groups in total. The summed E-state index contributed by atoms with van der Waals surface area (Å²) < 4.78 is 39.6. The highest BCUT2D eigenvalue weighted by molar-refractivity contribution is 5.95. The maximum atomic E-state index is 12.9. The molecule has 6 nitrogen and oxygen atoms in total. The van der Waals surface area contributed by atoms with E-state index in [1.165, 1.54) is 6.20 Å². The Labute approximate surface area is 170 Å². The number of benzene rings is 1. The average Bonchev–Trinajstić information content (AvgIpc) is 3.46. The number of nitrogens with zero attached hydrogens (tertiary/aromatic N) is 3. The SMILES string of the molecule is Nc1ncnc2c1c(C#Cc1cccc(C(=O)NCC3CC3)c1)cn2CC(F)(F)F. The van der Waals surface area contributed by atoms with E-state index >= 15 is 0 Å². The maximum absolute atomic E-state index is 12.9. The topological polar surface area (TPSA) is 85.8 Å². The number of hydrogen-bond acceptors (Lipinski definition) is 4. The Balaban J connectivity index is 1.64. The third-order valence-corrected chi connectivity index (χ3v) is 4.75. The Bertz CT molecular complexity index is 1170. The van der Waals surface area contributed by atoms with Gasteiger partial charge in [-0.05, 0) is 37.0 Å². The predicted octanol–water partition coefficient (Wildman–Crippen LogP) is 3.12. The van der Waals surface area contributed by atoms with E-state index in [1.807, 2.05) is 0 Å². The summed E-state index contributed by atoms with van der Waals surface area (Å²) in [5.74, 6) is 6.19. The van der Waals surface area contributed by atoms with Gasteiger partial charge in [-0.25, -0.2) is 9.97 Å². The molecular weight excluding hydrogens is 395 g/mol. The predicted molar refractivity (Wildman–Crippen MR) is 105 cm³/mol. The van der Waals surface area contributed by atoms with Crippen LogP contribution in [-0.4, -0.2) is 33.2 Å².